The minimum absolute atomic E-state index is 0.317. The fraction of sp³-hybridized carbons (Fsp3) is 0.978. The van der Waals surface area contributed by atoms with E-state index in [1.165, 1.54) is 116 Å². The molecule has 12 N–H and O–H groups in total. The van der Waals surface area contributed by atoms with E-state index in [2.05, 4.69) is 12.2 Å². The second-order valence-corrected chi connectivity index (χ2v) is 18.4. The van der Waals surface area contributed by atoms with E-state index in [0.29, 0.717) is 6.42 Å². The zero-order valence-electron chi connectivity index (χ0n) is 39.0. The van der Waals surface area contributed by atoms with Crippen LogP contribution in [-0.4, -0.2) is 193 Å². The predicted octanol–water partition coefficient (Wildman–Crippen LogP) is 0.919. The van der Waals surface area contributed by atoms with Crippen LogP contribution in [0.5, 0.6) is 0 Å². The quantitative estimate of drug-likeness (QED) is 0.0399. The van der Waals surface area contributed by atoms with Gasteiger partial charge in [0.2, 0.25) is 5.91 Å². The minimum atomic E-state index is -1.96. The van der Waals surface area contributed by atoms with Crippen molar-refractivity contribution in [2.45, 2.75) is 259 Å². The summed E-state index contributed by atoms with van der Waals surface area (Å²) in [5, 5.41) is 118. The highest BCUT2D eigenvalue weighted by atomic mass is 16.8. The average molecular weight is 942 g/mol. The van der Waals surface area contributed by atoms with Crippen molar-refractivity contribution in [3.05, 3.63) is 0 Å². The lowest BCUT2D eigenvalue weighted by Crippen LogP contribution is -2.66. The van der Waals surface area contributed by atoms with Crippen molar-refractivity contribution in [1.82, 2.24) is 5.32 Å². The summed E-state index contributed by atoms with van der Waals surface area (Å²) in [7, 11) is 0. The van der Waals surface area contributed by atoms with Gasteiger partial charge in [-0.25, -0.2) is 0 Å². The lowest BCUT2D eigenvalue weighted by molar-refractivity contribution is -0.379. The largest absolute Gasteiger partial charge is 0.394 e. The van der Waals surface area contributed by atoms with Gasteiger partial charge < -0.3 is 89.9 Å². The van der Waals surface area contributed by atoms with Gasteiger partial charge in [-0.1, -0.05) is 142 Å². The number of rotatable bonds is 34. The number of carbonyl (C=O) groups excluding carboxylic acids is 1. The number of carbonyl (C=O) groups is 1. The van der Waals surface area contributed by atoms with E-state index in [1.807, 2.05) is 0 Å². The monoisotopic (exact) mass is 942 g/mol. The molecule has 0 spiro atoms. The first-order chi connectivity index (χ1) is 31.3. The first kappa shape index (κ1) is 58.1. The van der Waals surface area contributed by atoms with Crippen LogP contribution in [0.4, 0.5) is 0 Å². The molecule has 0 saturated carbocycles. The standard InChI is InChI=1S/C46H87NO18/c1-3-4-5-6-7-8-9-10-11-12-13-14-15-16-17-18-19-20-21-22-23-24-31(52)30(47-29(2)51)28-60-44-40(58)37(55)42(33(26-49)62-44)65-46-41(59)38(56)43(34(27-50)63-46)64-45-39(57)36(54)35(53)32(25-48)61-45/h30-46,48-50,52-59H,3-28H2,1-2H3,(H,47,51). The maximum Gasteiger partial charge on any atom is 0.217 e. The number of hydrogen-bond donors (Lipinski definition) is 12. The minimum Gasteiger partial charge on any atom is -0.394 e. The fourth-order valence-corrected chi connectivity index (χ4v) is 8.88. The normalized spacial score (nSPS) is 34.1. The van der Waals surface area contributed by atoms with Crippen molar-refractivity contribution in [2.75, 3.05) is 26.4 Å². The molecular formula is C46H87NO18. The highest BCUT2D eigenvalue weighted by molar-refractivity contribution is 5.73. The van der Waals surface area contributed by atoms with Crippen molar-refractivity contribution in [2.24, 2.45) is 0 Å². The zero-order chi connectivity index (χ0) is 47.7. The zero-order valence-corrected chi connectivity index (χ0v) is 39.0. The molecule has 17 unspecified atom stereocenters. The Labute approximate surface area is 385 Å². The molecule has 0 aromatic carbocycles. The van der Waals surface area contributed by atoms with Gasteiger partial charge in [-0.05, 0) is 6.42 Å². The molecule has 3 aliphatic rings. The summed E-state index contributed by atoms with van der Waals surface area (Å²) in [6, 6.07) is -0.882. The molecule has 0 aliphatic carbocycles. The molecule has 3 fully saturated rings. The third-order valence-corrected chi connectivity index (χ3v) is 13.0. The van der Waals surface area contributed by atoms with Crippen LogP contribution in [0, 0.1) is 0 Å². The number of hydrogen-bond acceptors (Lipinski definition) is 18. The summed E-state index contributed by atoms with van der Waals surface area (Å²) in [5.74, 6) is -0.418. The Morgan fingerprint density at radius 1 is 0.492 bits per heavy atom. The van der Waals surface area contributed by atoms with Gasteiger partial charge in [0, 0.05) is 6.92 Å². The second kappa shape index (κ2) is 32.6. The van der Waals surface area contributed by atoms with Crippen LogP contribution in [0.25, 0.3) is 0 Å². The SMILES string of the molecule is CCCCCCCCCCCCCCCCCCCCCCCC(O)C(COC1OC(CO)C(OC2OC(CO)C(OC3OC(CO)C(O)C(O)C3O)C(O)C2O)C(O)C1O)NC(C)=O. The molecule has 0 bridgehead atoms. The Hall–Kier alpha value is -1.21. The lowest BCUT2D eigenvalue weighted by Gasteiger charge is -2.48. The van der Waals surface area contributed by atoms with Crippen LogP contribution < -0.4 is 5.32 Å². The summed E-state index contributed by atoms with van der Waals surface area (Å²) in [6.45, 7) is 0.840. The van der Waals surface area contributed by atoms with Gasteiger partial charge in [0.25, 0.3) is 0 Å². The summed E-state index contributed by atoms with van der Waals surface area (Å²) in [4.78, 5) is 12.0. The lowest BCUT2D eigenvalue weighted by atomic mass is 9.96. The number of unbranched alkanes of at least 4 members (excludes halogenated alkanes) is 20. The summed E-state index contributed by atoms with van der Waals surface area (Å²) in [6.07, 6.45) is 0.535. The highest BCUT2D eigenvalue weighted by Crippen LogP contribution is 2.33. The Balaban J connectivity index is 1.35. The average Bonchev–Trinajstić information content (AvgIpc) is 3.29. The topological polar surface area (TPSA) is 307 Å². The van der Waals surface area contributed by atoms with Gasteiger partial charge in [-0.15, -0.1) is 0 Å². The molecule has 3 saturated heterocycles. The smallest absolute Gasteiger partial charge is 0.217 e. The Bertz CT molecular complexity index is 1220. The summed E-state index contributed by atoms with van der Waals surface area (Å²) < 4.78 is 33.7. The van der Waals surface area contributed by atoms with E-state index >= 15 is 0 Å². The molecule has 384 valence electrons. The van der Waals surface area contributed by atoms with Crippen molar-refractivity contribution < 1.29 is 89.4 Å². The van der Waals surface area contributed by atoms with Crippen LogP contribution in [0.2, 0.25) is 0 Å². The molecule has 0 radical (unpaired) electrons. The Morgan fingerprint density at radius 2 is 0.846 bits per heavy atom. The van der Waals surface area contributed by atoms with Crippen molar-refractivity contribution in [3.8, 4) is 0 Å². The van der Waals surface area contributed by atoms with Gasteiger partial charge in [0.05, 0.1) is 38.6 Å². The number of aliphatic hydroxyl groups excluding tert-OH is 11. The van der Waals surface area contributed by atoms with E-state index in [9.17, 15) is 61.0 Å². The molecule has 1 amide bonds. The number of ether oxygens (including phenoxy) is 6. The molecular weight excluding hydrogens is 854 g/mol. The maximum atomic E-state index is 12.0. The number of aliphatic hydroxyl groups is 11. The molecule has 65 heavy (non-hydrogen) atoms. The molecule has 3 rings (SSSR count). The van der Waals surface area contributed by atoms with Gasteiger partial charge >= 0.3 is 0 Å². The summed E-state index contributed by atoms with van der Waals surface area (Å²) in [5.41, 5.74) is 0. The van der Waals surface area contributed by atoms with E-state index in [0.717, 1.165) is 25.7 Å². The molecule has 17 atom stereocenters. The van der Waals surface area contributed by atoms with Crippen LogP contribution in [-0.2, 0) is 33.2 Å². The van der Waals surface area contributed by atoms with Gasteiger partial charge in [0.15, 0.2) is 18.9 Å². The predicted molar refractivity (Wildman–Crippen MR) is 236 cm³/mol. The van der Waals surface area contributed by atoms with Crippen LogP contribution in [0.3, 0.4) is 0 Å². The maximum absolute atomic E-state index is 12.0. The molecule has 19 nitrogen and oxygen atoms in total. The Kier molecular flexibility index (Phi) is 29.1. The van der Waals surface area contributed by atoms with Crippen LogP contribution >= 0.6 is 0 Å². The first-order valence-electron chi connectivity index (χ1n) is 24.7. The third kappa shape index (κ3) is 19.6. The summed E-state index contributed by atoms with van der Waals surface area (Å²) >= 11 is 0. The molecule has 3 heterocycles. The van der Waals surface area contributed by atoms with Gasteiger partial charge in [-0.2, -0.15) is 0 Å². The van der Waals surface area contributed by atoms with Crippen molar-refractivity contribution in [3.63, 3.8) is 0 Å². The van der Waals surface area contributed by atoms with E-state index in [4.69, 9.17) is 28.4 Å². The van der Waals surface area contributed by atoms with Crippen LogP contribution in [0.15, 0.2) is 0 Å². The second-order valence-electron chi connectivity index (χ2n) is 18.4. The molecule has 3 aliphatic heterocycles. The van der Waals surface area contributed by atoms with E-state index in [1.54, 1.807) is 0 Å². The molecule has 0 aromatic heterocycles. The van der Waals surface area contributed by atoms with Gasteiger partial charge in [0.1, 0.15) is 73.2 Å². The third-order valence-electron chi connectivity index (χ3n) is 13.0. The van der Waals surface area contributed by atoms with Crippen LogP contribution in [0.1, 0.15) is 155 Å². The fourth-order valence-electron chi connectivity index (χ4n) is 8.88. The van der Waals surface area contributed by atoms with E-state index < -0.39 is 130 Å². The number of nitrogens with one attached hydrogen (secondary N) is 1. The van der Waals surface area contributed by atoms with Crippen molar-refractivity contribution >= 4 is 5.91 Å². The Morgan fingerprint density at radius 3 is 1.25 bits per heavy atom. The molecule has 19 heteroatoms. The van der Waals surface area contributed by atoms with Gasteiger partial charge in [-0.3, -0.25) is 4.79 Å². The van der Waals surface area contributed by atoms with E-state index in [-0.39, 0.29) is 6.61 Å². The highest BCUT2D eigenvalue weighted by Gasteiger charge is 2.53. The first-order valence-corrected chi connectivity index (χ1v) is 24.7. The molecule has 0 aromatic rings. The van der Waals surface area contributed by atoms with Crippen molar-refractivity contribution in [1.29, 1.82) is 0 Å². The number of amides is 1.